The molecule has 1 heterocycles. The molecule has 0 saturated carbocycles. The molecule has 0 radical (unpaired) electrons. The zero-order chi connectivity index (χ0) is 12.2. The van der Waals surface area contributed by atoms with Gasteiger partial charge in [-0.25, -0.2) is 13.1 Å². The maximum atomic E-state index is 11.8. The molecule has 0 amide bonds. The fraction of sp³-hybridized carbons (Fsp3) is 0.600. The Kier molecular flexibility index (Phi) is 4.12. The Morgan fingerprint density at radius 2 is 2.06 bits per heavy atom. The van der Waals surface area contributed by atoms with Gasteiger partial charge in [-0.1, -0.05) is 13.8 Å². The molecular formula is C10H19N3O2S. The Bertz CT molecular complexity index is 409. The lowest BCUT2D eigenvalue weighted by atomic mass is 9.94. The molecule has 1 rings (SSSR count). The minimum atomic E-state index is -3.38. The second-order valence-electron chi connectivity index (χ2n) is 4.57. The van der Waals surface area contributed by atoms with Crippen LogP contribution in [0, 0.1) is 5.41 Å². The van der Waals surface area contributed by atoms with Gasteiger partial charge >= 0.3 is 0 Å². The van der Waals surface area contributed by atoms with Crippen molar-refractivity contribution in [2.75, 3.05) is 20.1 Å². The highest BCUT2D eigenvalue weighted by molar-refractivity contribution is 7.89. The Morgan fingerprint density at radius 1 is 1.38 bits per heavy atom. The highest BCUT2D eigenvalue weighted by atomic mass is 32.2. The van der Waals surface area contributed by atoms with Gasteiger partial charge in [0.05, 0.1) is 4.90 Å². The van der Waals surface area contributed by atoms with Crippen LogP contribution >= 0.6 is 0 Å². The van der Waals surface area contributed by atoms with E-state index in [0.29, 0.717) is 6.54 Å². The van der Waals surface area contributed by atoms with Crippen LogP contribution in [0.1, 0.15) is 13.8 Å². The quantitative estimate of drug-likeness (QED) is 0.685. The largest absolute Gasteiger partial charge is 0.366 e. The van der Waals surface area contributed by atoms with Crippen LogP contribution in [0.4, 0.5) is 0 Å². The van der Waals surface area contributed by atoms with Gasteiger partial charge < -0.3 is 10.3 Å². The molecule has 0 fully saturated rings. The molecule has 0 atom stereocenters. The predicted molar refractivity (Wildman–Crippen MR) is 63.7 cm³/mol. The third-order valence-corrected chi connectivity index (χ3v) is 3.67. The summed E-state index contributed by atoms with van der Waals surface area (Å²) in [6.45, 7) is 5.16. The lowest BCUT2D eigenvalue weighted by Crippen LogP contribution is -2.39. The van der Waals surface area contributed by atoms with Gasteiger partial charge in [0.15, 0.2) is 0 Å². The van der Waals surface area contributed by atoms with Crippen molar-refractivity contribution in [3.8, 4) is 0 Å². The van der Waals surface area contributed by atoms with Crippen molar-refractivity contribution in [3.63, 3.8) is 0 Å². The monoisotopic (exact) mass is 245 g/mol. The number of aromatic amines is 1. The van der Waals surface area contributed by atoms with E-state index in [1.165, 1.54) is 12.3 Å². The van der Waals surface area contributed by atoms with Gasteiger partial charge in [-0.2, -0.15) is 0 Å². The minimum Gasteiger partial charge on any atom is -0.366 e. The Labute approximate surface area is 96.7 Å². The van der Waals surface area contributed by atoms with E-state index in [4.69, 9.17) is 0 Å². The molecule has 6 heteroatoms. The Hall–Kier alpha value is -0.850. The van der Waals surface area contributed by atoms with Crippen molar-refractivity contribution in [1.29, 1.82) is 0 Å². The first kappa shape index (κ1) is 13.2. The van der Waals surface area contributed by atoms with Gasteiger partial charge in [0.25, 0.3) is 0 Å². The summed E-state index contributed by atoms with van der Waals surface area (Å²) < 4.78 is 26.2. The summed E-state index contributed by atoms with van der Waals surface area (Å²) in [5.41, 5.74) is -0.113. The smallest absolute Gasteiger partial charge is 0.242 e. The van der Waals surface area contributed by atoms with Crippen LogP contribution in [0.2, 0.25) is 0 Å². The summed E-state index contributed by atoms with van der Waals surface area (Å²) in [5, 5.41) is 3.04. The average Bonchev–Trinajstić information content (AvgIpc) is 2.68. The number of hydrogen-bond acceptors (Lipinski definition) is 3. The molecule has 0 spiro atoms. The molecule has 0 unspecified atom stereocenters. The maximum absolute atomic E-state index is 11.8. The Balaban J connectivity index is 2.62. The van der Waals surface area contributed by atoms with Gasteiger partial charge in [0.1, 0.15) is 0 Å². The summed E-state index contributed by atoms with van der Waals surface area (Å²) in [6, 6.07) is 1.54. The number of hydrogen-bond donors (Lipinski definition) is 3. The first-order valence-corrected chi connectivity index (χ1v) is 6.63. The van der Waals surface area contributed by atoms with E-state index in [9.17, 15) is 8.42 Å². The summed E-state index contributed by atoms with van der Waals surface area (Å²) in [5.74, 6) is 0. The lowest BCUT2D eigenvalue weighted by molar-refractivity contribution is 0.350. The van der Waals surface area contributed by atoms with Crippen molar-refractivity contribution in [2.45, 2.75) is 18.7 Å². The molecule has 16 heavy (non-hydrogen) atoms. The average molecular weight is 245 g/mol. The first-order valence-electron chi connectivity index (χ1n) is 5.14. The van der Waals surface area contributed by atoms with Crippen molar-refractivity contribution >= 4 is 10.0 Å². The van der Waals surface area contributed by atoms with Gasteiger partial charge in [-0.15, -0.1) is 0 Å². The molecule has 1 aromatic heterocycles. The van der Waals surface area contributed by atoms with Crippen LogP contribution in [0.25, 0.3) is 0 Å². The van der Waals surface area contributed by atoms with Crippen LogP contribution < -0.4 is 10.0 Å². The second-order valence-corrected chi connectivity index (χ2v) is 6.33. The standard InChI is InChI=1S/C10H19N3O2S/c1-10(2,7-11-3)8-13-16(14,15)9-4-5-12-6-9/h4-6,11-13H,7-8H2,1-3H3. The molecule has 0 aliphatic rings. The molecule has 1 aromatic rings. The number of H-pyrrole nitrogens is 1. The minimum absolute atomic E-state index is 0.113. The van der Waals surface area contributed by atoms with E-state index in [-0.39, 0.29) is 10.3 Å². The molecule has 0 aromatic carbocycles. The maximum Gasteiger partial charge on any atom is 0.242 e. The lowest BCUT2D eigenvalue weighted by Gasteiger charge is -2.24. The van der Waals surface area contributed by atoms with E-state index >= 15 is 0 Å². The van der Waals surface area contributed by atoms with Crippen molar-refractivity contribution in [1.82, 2.24) is 15.0 Å². The fourth-order valence-electron chi connectivity index (χ4n) is 1.39. The van der Waals surface area contributed by atoms with Gasteiger partial charge in [-0.3, -0.25) is 0 Å². The predicted octanol–water partition coefficient (Wildman–Crippen LogP) is 0.539. The molecular weight excluding hydrogens is 226 g/mol. The van der Waals surface area contributed by atoms with E-state index in [1.54, 1.807) is 6.20 Å². The number of sulfonamides is 1. The number of rotatable bonds is 6. The molecule has 0 bridgehead atoms. The van der Waals surface area contributed by atoms with Crippen LogP contribution in [0.3, 0.4) is 0 Å². The number of aromatic nitrogens is 1. The molecule has 5 nitrogen and oxygen atoms in total. The third kappa shape index (κ3) is 3.62. The van der Waals surface area contributed by atoms with E-state index in [1.807, 2.05) is 20.9 Å². The van der Waals surface area contributed by atoms with Crippen LogP contribution in [-0.4, -0.2) is 33.5 Å². The van der Waals surface area contributed by atoms with Crippen molar-refractivity contribution < 1.29 is 8.42 Å². The summed E-state index contributed by atoms with van der Waals surface area (Å²) in [7, 11) is -1.53. The second kappa shape index (κ2) is 4.99. The summed E-state index contributed by atoms with van der Waals surface area (Å²) in [6.07, 6.45) is 3.06. The van der Waals surface area contributed by atoms with Crippen LogP contribution in [0.15, 0.2) is 23.4 Å². The zero-order valence-corrected chi connectivity index (χ0v) is 10.7. The summed E-state index contributed by atoms with van der Waals surface area (Å²) in [4.78, 5) is 3.00. The highest BCUT2D eigenvalue weighted by Crippen LogP contribution is 2.14. The highest BCUT2D eigenvalue weighted by Gasteiger charge is 2.21. The third-order valence-electron chi connectivity index (χ3n) is 2.28. The Morgan fingerprint density at radius 3 is 2.56 bits per heavy atom. The molecule has 92 valence electrons. The molecule has 0 saturated heterocycles. The van der Waals surface area contributed by atoms with E-state index in [2.05, 4.69) is 15.0 Å². The summed E-state index contributed by atoms with van der Waals surface area (Å²) >= 11 is 0. The zero-order valence-electron chi connectivity index (χ0n) is 9.87. The van der Waals surface area contributed by atoms with Gasteiger partial charge in [0, 0.05) is 25.5 Å². The van der Waals surface area contributed by atoms with E-state index in [0.717, 1.165) is 6.54 Å². The van der Waals surface area contributed by atoms with Crippen molar-refractivity contribution in [2.24, 2.45) is 5.41 Å². The van der Waals surface area contributed by atoms with Crippen LogP contribution in [0.5, 0.6) is 0 Å². The van der Waals surface area contributed by atoms with Gasteiger partial charge in [-0.05, 0) is 18.5 Å². The molecule has 0 aliphatic carbocycles. The van der Waals surface area contributed by atoms with E-state index < -0.39 is 10.0 Å². The topological polar surface area (TPSA) is 74.0 Å². The SMILES string of the molecule is CNCC(C)(C)CNS(=O)(=O)c1cc[nH]c1. The first-order chi connectivity index (χ1) is 7.37. The van der Waals surface area contributed by atoms with Crippen molar-refractivity contribution in [3.05, 3.63) is 18.5 Å². The molecule has 0 aliphatic heterocycles. The number of nitrogens with one attached hydrogen (secondary N) is 3. The normalized spacial score (nSPS) is 12.9. The van der Waals surface area contributed by atoms with Crippen LogP contribution in [-0.2, 0) is 10.0 Å². The van der Waals surface area contributed by atoms with Gasteiger partial charge in [0.2, 0.25) is 10.0 Å². The molecule has 3 N–H and O–H groups in total. The fourth-order valence-corrected chi connectivity index (χ4v) is 2.61.